The third kappa shape index (κ3) is 3.74. The van der Waals surface area contributed by atoms with Crippen LogP contribution in [0.2, 0.25) is 0 Å². The number of hydrogen-bond acceptors (Lipinski definition) is 6. The van der Waals surface area contributed by atoms with Crippen molar-refractivity contribution in [3.05, 3.63) is 77.0 Å². The quantitative estimate of drug-likeness (QED) is 0.501. The Balaban J connectivity index is 1.39. The number of nitrogens with zero attached hydrogens (tertiary/aromatic N) is 3. The van der Waals surface area contributed by atoms with E-state index in [-0.39, 0.29) is 24.7 Å². The Hall–Kier alpha value is -3.98. The van der Waals surface area contributed by atoms with E-state index in [1.165, 1.54) is 10.7 Å². The molecule has 4 heterocycles. The van der Waals surface area contributed by atoms with Crippen LogP contribution in [0.25, 0.3) is 22.2 Å². The van der Waals surface area contributed by atoms with Crippen LogP contribution in [0, 0.1) is 0 Å². The number of hydrogen-bond donors (Lipinski definition) is 2. The lowest BCUT2D eigenvalue weighted by atomic mass is 10.1. The number of ether oxygens (including phenoxy) is 2. The molecule has 2 atom stereocenters. The van der Waals surface area contributed by atoms with Crippen molar-refractivity contribution in [1.29, 1.82) is 0 Å². The van der Waals surface area contributed by atoms with Crippen molar-refractivity contribution in [3.63, 3.8) is 0 Å². The van der Waals surface area contributed by atoms with Gasteiger partial charge in [-0.25, -0.2) is 4.68 Å². The standard InChI is InChI=1S/C23H21N5O4/c1-31-16-3-2-15-10-19(25-18(15)11-16)23(30)26-20-12-32-13-21(20)28-22(29)5-4-17(27-28)14-6-8-24-9-7-14/h2-11,20-21,25H,12-13H2,1H3,(H,26,30). The molecule has 9 heteroatoms. The van der Waals surface area contributed by atoms with E-state index in [4.69, 9.17) is 9.47 Å². The highest BCUT2D eigenvalue weighted by molar-refractivity contribution is 5.98. The molecule has 3 aromatic heterocycles. The molecule has 1 aliphatic heterocycles. The lowest BCUT2D eigenvalue weighted by molar-refractivity contribution is 0.0920. The molecule has 1 aliphatic rings. The number of pyridine rings is 1. The molecule has 5 rings (SSSR count). The molecule has 1 amide bonds. The summed E-state index contributed by atoms with van der Waals surface area (Å²) in [5.74, 6) is 0.425. The van der Waals surface area contributed by atoms with Crippen LogP contribution >= 0.6 is 0 Å². The topological polar surface area (TPSA) is 111 Å². The molecule has 2 unspecified atom stereocenters. The molecule has 4 aromatic rings. The summed E-state index contributed by atoms with van der Waals surface area (Å²) in [5, 5.41) is 8.42. The molecular weight excluding hydrogens is 410 g/mol. The maximum Gasteiger partial charge on any atom is 0.268 e. The minimum Gasteiger partial charge on any atom is -0.497 e. The fourth-order valence-corrected chi connectivity index (χ4v) is 3.86. The summed E-state index contributed by atoms with van der Waals surface area (Å²) < 4.78 is 12.2. The molecule has 1 aromatic carbocycles. The number of nitrogens with one attached hydrogen (secondary N) is 2. The average molecular weight is 431 g/mol. The highest BCUT2D eigenvalue weighted by Crippen LogP contribution is 2.23. The Morgan fingerprint density at radius 2 is 2.00 bits per heavy atom. The molecule has 1 fully saturated rings. The molecular formula is C23H21N5O4. The first-order valence-electron chi connectivity index (χ1n) is 10.2. The zero-order valence-electron chi connectivity index (χ0n) is 17.3. The zero-order valence-corrected chi connectivity index (χ0v) is 17.3. The molecule has 9 nitrogen and oxygen atoms in total. The Kier molecular flexibility index (Phi) is 5.16. The number of amides is 1. The van der Waals surface area contributed by atoms with E-state index in [1.807, 2.05) is 30.3 Å². The Morgan fingerprint density at radius 3 is 2.81 bits per heavy atom. The first-order valence-corrected chi connectivity index (χ1v) is 10.2. The van der Waals surface area contributed by atoms with Crippen molar-refractivity contribution in [1.82, 2.24) is 25.1 Å². The maximum absolute atomic E-state index is 12.9. The molecule has 0 aliphatic carbocycles. The number of methoxy groups -OCH3 is 1. The van der Waals surface area contributed by atoms with Crippen LogP contribution in [0.5, 0.6) is 5.75 Å². The predicted molar refractivity (Wildman–Crippen MR) is 118 cm³/mol. The number of fused-ring (bicyclic) bond motifs is 1. The van der Waals surface area contributed by atoms with Crippen molar-refractivity contribution in [2.45, 2.75) is 12.1 Å². The SMILES string of the molecule is COc1ccc2cc(C(=O)NC3COCC3n3nc(-c4ccncc4)ccc3=O)[nH]c2c1. The highest BCUT2D eigenvalue weighted by Gasteiger charge is 2.33. The zero-order chi connectivity index (χ0) is 22.1. The second-order valence-electron chi connectivity index (χ2n) is 7.56. The molecule has 1 saturated heterocycles. The van der Waals surface area contributed by atoms with E-state index in [0.717, 1.165) is 16.5 Å². The van der Waals surface area contributed by atoms with Gasteiger partial charge in [-0.3, -0.25) is 14.6 Å². The predicted octanol–water partition coefficient (Wildman–Crippen LogP) is 2.17. The van der Waals surface area contributed by atoms with Gasteiger partial charge >= 0.3 is 0 Å². The van der Waals surface area contributed by atoms with Gasteiger partial charge in [0.1, 0.15) is 17.5 Å². The first kappa shape index (κ1) is 20.0. The monoisotopic (exact) mass is 431 g/mol. The minimum absolute atomic E-state index is 0.254. The average Bonchev–Trinajstić information content (AvgIpc) is 3.46. The summed E-state index contributed by atoms with van der Waals surface area (Å²) in [5.41, 5.74) is 2.46. The Bertz CT molecular complexity index is 1330. The molecule has 0 spiro atoms. The van der Waals surface area contributed by atoms with Gasteiger partial charge in [-0.05, 0) is 36.4 Å². The van der Waals surface area contributed by atoms with E-state index < -0.39 is 12.1 Å². The van der Waals surface area contributed by atoms with Crippen molar-refractivity contribution < 1.29 is 14.3 Å². The van der Waals surface area contributed by atoms with Gasteiger partial charge in [0.05, 0.1) is 32.1 Å². The van der Waals surface area contributed by atoms with Gasteiger partial charge < -0.3 is 19.8 Å². The second-order valence-corrected chi connectivity index (χ2v) is 7.56. The third-order valence-corrected chi connectivity index (χ3v) is 5.56. The molecule has 32 heavy (non-hydrogen) atoms. The van der Waals surface area contributed by atoms with E-state index in [2.05, 4.69) is 20.4 Å². The van der Waals surface area contributed by atoms with Gasteiger partial charge in [0.2, 0.25) is 0 Å². The van der Waals surface area contributed by atoms with Gasteiger partial charge in [-0.1, -0.05) is 0 Å². The molecule has 2 N–H and O–H groups in total. The summed E-state index contributed by atoms with van der Waals surface area (Å²) >= 11 is 0. The van der Waals surface area contributed by atoms with Crippen LogP contribution in [0.3, 0.4) is 0 Å². The summed E-state index contributed by atoms with van der Waals surface area (Å²) in [6, 6.07) is 13.3. The van der Waals surface area contributed by atoms with E-state index in [9.17, 15) is 9.59 Å². The summed E-state index contributed by atoms with van der Waals surface area (Å²) in [4.78, 5) is 32.6. The van der Waals surface area contributed by atoms with Crippen LogP contribution in [0.4, 0.5) is 0 Å². The van der Waals surface area contributed by atoms with Crippen LogP contribution in [-0.2, 0) is 4.74 Å². The number of carbonyl (C=O) groups excluding carboxylic acids is 1. The van der Waals surface area contributed by atoms with E-state index >= 15 is 0 Å². The van der Waals surface area contributed by atoms with Crippen LogP contribution < -0.4 is 15.6 Å². The lowest BCUT2D eigenvalue weighted by Crippen LogP contribution is -2.44. The largest absolute Gasteiger partial charge is 0.497 e. The number of H-pyrrole nitrogens is 1. The van der Waals surface area contributed by atoms with Crippen molar-refractivity contribution in [2.24, 2.45) is 0 Å². The molecule has 162 valence electrons. The Labute approximate surface area is 183 Å². The number of carbonyl (C=O) groups is 1. The van der Waals surface area contributed by atoms with Crippen molar-refractivity contribution in [3.8, 4) is 17.0 Å². The van der Waals surface area contributed by atoms with Crippen molar-refractivity contribution in [2.75, 3.05) is 20.3 Å². The normalized spacial score (nSPS) is 18.0. The number of aromatic amines is 1. The first-order chi connectivity index (χ1) is 15.6. The van der Waals surface area contributed by atoms with Gasteiger partial charge in [0.25, 0.3) is 11.5 Å². The molecule has 0 saturated carbocycles. The third-order valence-electron chi connectivity index (χ3n) is 5.56. The summed E-state index contributed by atoms with van der Waals surface area (Å²) in [6.07, 6.45) is 3.34. The molecule has 0 radical (unpaired) electrons. The van der Waals surface area contributed by atoms with Crippen LogP contribution in [0.1, 0.15) is 16.5 Å². The summed E-state index contributed by atoms with van der Waals surface area (Å²) in [7, 11) is 1.59. The van der Waals surface area contributed by atoms with Crippen molar-refractivity contribution >= 4 is 16.8 Å². The second kappa shape index (κ2) is 8.27. The fourth-order valence-electron chi connectivity index (χ4n) is 3.86. The van der Waals surface area contributed by atoms with E-state index in [0.29, 0.717) is 17.1 Å². The Morgan fingerprint density at radius 1 is 1.16 bits per heavy atom. The lowest BCUT2D eigenvalue weighted by Gasteiger charge is -2.20. The minimum atomic E-state index is -0.419. The van der Waals surface area contributed by atoms with E-state index in [1.54, 1.807) is 31.6 Å². The smallest absolute Gasteiger partial charge is 0.268 e. The highest BCUT2D eigenvalue weighted by atomic mass is 16.5. The van der Waals surface area contributed by atoms with Crippen LogP contribution in [-0.4, -0.2) is 52.0 Å². The fraction of sp³-hybridized carbons (Fsp3) is 0.217. The maximum atomic E-state index is 12.9. The number of benzene rings is 1. The number of aromatic nitrogens is 4. The summed E-state index contributed by atoms with van der Waals surface area (Å²) in [6.45, 7) is 0.569. The van der Waals surface area contributed by atoms with Gasteiger partial charge in [-0.15, -0.1) is 0 Å². The molecule has 0 bridgehead atoms. The van der Waals surface area contributed by atoms with Crippen LogP contribution in [0.15, 0.2) is 65.7 Å². The number of rotatable bonds is 5. The van der Waals surface area contributed by atoms with Gasteiger partial charge in [-0.2, -0.15) is 5.10 Å². The van der Waals surface area contributed by atoms with Gasteiger partial charge in [0.15, 0.2) is 0 Å². The van der Waals surface area contributed by atoms with Gasteiger partial charge in [0, 0.05) is 41.0 Å².